The average Bonchev–Trinajstić information content (AvgIpc) is 2.48. The fraction of sp³-hybridized carbons (Fsp3) is 1.00. The van der Waals surface area contributed by atoms with Crippen LogP contribution in [0.3, 0.4) is 0 Å². The number of nitrogens with one attached hydrogen (secondary N) is 1. The van der Waals surface area contributed by atoms with Crippen molar-refractivity contribution in [3.8, 4) is 0 Å². The van der Waals surface area contributed by atoms with E-state index in [4.69, 9.17) is 0 Å². The molecule has 0 bridgehead atoms. The molecule has 3 rings (SSSR count). The maximum absolute atomic E-state index is 3.60. The molecule has 3 aliphatic heterocycles. The standard InChI is InChI=1S/C17H33N3/c1-17(2,15-6-5-8-18-12-15)14-19-10-11-20-9-4-3-7-16(20)13-19/h15-16,18H,3-14H2,1-2H3. The quantitative estimate of drug-likeness (QED) is 0.854. The second-order valence-electron chi connectivity index (χ2n) is 7.95. The van der Waals surface area contributed by atoms with Crippen molar-refractivity contribution < 1.29 is 0 Å². The van der Waals surface area contributed by atoms with Gasteiger partial charge in [0.15, 0.2) is 0 Å². The van der Waals surface area contributed by atoms with Gasteiger partial charge >= 0.3 is 0 Å². The normalized spacial score (nSPS) is 33.9. The molecule has 0 aromatic rings. The summed E-state index contributed by atoms with van der Waals surface area (Å²) >= 11 is 0. The SMILES string of the molecule is CC(C)(CN1CCN2CCCCC2C1)C1CCCNC1. The highest BCUT2D eigenvalue weighted by Gasteiger charge is 2.35. The summed E-state index contributed by atoms with van der Waals surface area (Å²) in [6.07, 6.45) is 7.09. The van der Waals surface area contributed by atoms with Gasteiger partial charge in [-0.1, -0.05) is 20.3 Å². The number of fused-ring (bicyclic) bond motifs is 1. The van der Waals surface area contributed by atoms with Gasteiger partial charge in [0.1, 0.15) is 0 Å². The number of nitrogens with zero attached hydrogens (tertiary/aromatic N) is 2. The Morgan fingerprint density at radius 1 is 1.05 bits per heavy atom. The van der Waals surface area contributed by atoms with Gasteiger partial charge in [-0.05, 0) is 56.7 Å². The number of rotatable bonds is 3. The van der Waals surface area contributed by atoms with Crippen molar-refractivity contribution in [3.05, 3.63) is 0 Å². The van der Waals surface area contributed by atoms with Crippen molar-refractivity contribution in [2.75, 3.05) is 45.8 Å². The Bertz CT molecular complexity index is 309. The van der Waals surface area contributed by atoms with Crippen molar-refractivity contribution >= 4 is 0 Å². The van der Waals surface area contributed by atoms with E-state index in [0.717, 1.165) is 12.0 Å². The monoisotopic (exact) mass is 279 g/mol. The molecule has 20 heavy (non-hydrogen) atoms. The van der Waals surface area contributed by atoms with Crippen LogP contribution in [0.4, 0.5) is 0 Å². The van der Waals surface area contributed by atoms with E-state index in [-0.39, 0.29) is 0 Å². The summed E-state index contributed by atoms with van der Waals surface area (Å²) in [5.74, 6) is 0.862. The Morgan fingerprint density at radius 3 is 2.75 bits per heavy atom. The maximum Gasteiger partial charge on any atom is 0.0223 e. The second-order valence-corrected chi connectivity index (χ2v) is 7.95. The van der Waals surface area contributed by atoms with Crippen LogP contribution >= 0.6 is 0 Å². The van der Waals surface area contributed by atoms with Gasteiger partial charge in [-0.15, -0.1) is 0 Å². The van der Waals surface area contributed by atoms with Gasteiger partial charge in [0.05, 0.1) is 0 Å². The first kappa shape index (κ1) is 14.8. The summed E-state index contributed by atoms with van der Waals surface area (Å²) in [6, 6.07) is 0.859. The Hall–Kier alpha value is -0.120. The topological polar surface area (TPSA) is 18.5 Å². The molecule has 2 unspecified atom stereocenters. The van der Waals surface area contributed by atoms with Gasteiger partial charge < -0.3 is 5.32 Å². The van der Waals surface area contributed by atoms with Gasteiger partial charge in [0, 0.05) is 32.2 Å². The molecular formula is C17H33N3. The van der Waals surface area contributed by atoms with Gasteiger partial charge in [-0.3, -0.25) is 9.80 Å². The first-order valence-electron chi connectivity index (χ1n) is 8.82. The van der Waals surface area contributed by atoms with Crippen LogP contribution < -0.4 is 5.32 Å². The summed E-state index contributed by atoms with van der Waals surface area (Å²) in [5, 5.41) is 3.60. The van der Waals surface area contributed by atoms with Crippen LogP contribution in [0, 0.1) is 11.3 Å². The Kier molecular flexibility index (Phi) is 4.68. The Morgan fingerprint density at radius 2 is 1.95 bits per heavy atom. The zero-order valence-electron chi connectivity index (χ0n) is 13.5. The van der Waals surface area contributed by atoms with Crippen molar-refractivity contribution in [2.24, 2.45) is 11.3 Å². The molecule has 3 saturated heterocycles. The van der Waals surface area contributed by atoms with E-state index in [9.17, 15) is 0 Å². The van der Waals surface area contributed by atoms with E-state index in [1.165, 1.54) is 77.9 Å². The molecule has 0 amide bonds. The summed E-state index contributed by atoms with van der Waals surface area (Å²) in [5.41, 5.74) is 0.463. The van der Waals surface area contributed by atoms with E-state index < -0.39 is 0 Å². The first-order valence-corrected chi connectivity index (χ1v) is 8.82. The number of piperazine rings is 1. The zero-order valence-corrected chi connectivity index (χ0v) is 13.5. The smallest absolute Gasteiger partial charge is 0.0223 e. The van der Waals surface area contributed by atoms with Crippen molar-refractivity contribution in [1.29, 1.82) is 0 Å². The highest BCUT2D eigenvalue weighted by Crippen LogP contribution is 2.33. The first-order chi connectivity index (χ1) is 9.65. The molecule has 0 aromatic carbocycles. The third-order valence-electron chi connectivity index (χ3n) is 5.95. The van der Waals surface area contributed by atoms with E-state index >= 15 is 0 Å². The van der Waals surface area contributed by atoms with E-state index in [0.29, 0.717) is 5.41 Å². The molecule has 3 nitrogen and oxygen atoms in total. The molecule has 0 aliphatic carbocycles. The highest BCUT2D eigenvalue weighted by molar-refractivity contribution is 4.90. The van der Waals surface area contributed by atoms with Crippen molar-refractivity contribution in [3.63, 3.8) is 0 Å². The van der Waals surface area contributed by atoms with Crippen molar-refractivity contribution in [2.45, 2.75) is 52.0 Å². The largest absolute Gasteiger partial charge is 0.316 e. The maximum atomic E-state index is 3.60. The van der Waals surface area contributed by atoms with Gasteiger partial charge in [0.25, 0.3) is 0 Å². The minimum atomic E-state index is 0.463. The summed E-state index contributed by atoms with van der Waals surface area (Å²) in [6.45, 7) is 14.0. The van der Waals surface area contributed by atoms with Crippen LogP contribution in [0.1, 0.15) is 46.0 Å². The molecule has 0 saturated carbocycles. The molecule has 0 aromatic heterocycles. The molecule has 1 N–H and O–H groups in total. The van der Waals surface area contributed by atoms with Gasteiger partial charge in [-0.25, -0.2) is 0 Å². The lowest BCUT2D eigenvalue weighted by Gasteiger charge is -2.47. The van der Waals surface area contributed by atoms with Crippen LogP contribution in [-0.4, -0.2) is 61.7 Å². The molecule has 0 radical (unpaired) electrons. The average molecular weight is 279 g/mol. The molecule has 116 valence electrons. The lowest BCUT2D eigenvalue weighted by molar-refractivity contribution is 0.0164. The Balaban J connectivity index is 1.54. The summed E-state index contributed by atoms with van der Waals surface area (Å²) in [7, 11) is 0. The van der Waals surface area contributed by atoms with E-state index in [1.807, 2.05) is 0 Å². The second kappa shape index (κ2) is 6.33. The van der Waals surface area contributed by atoms with Crippen LogP contribution in [0.15, 0.2) is 0 Å². The number of hydrogen-bond acceptors (Lipinski definition) is 3. The summed E-state index contributed by atoms with van der Waals surface area (Å²) < 4.78 is 0. The molecule has 3 heteroatoms. The molecule has 2 atom stereocenters. The third-order valence-corrected chi connectivity index (χ3v) is 5.95. The lowest BCUT2D eigenvalue weighted by atomic mass is 9.74. The molecule has 0 spiro atoms. The van der Waals surface area contributed by atoms with E-state index in [1.54, 1.807) is 0 Å². The number of hydrogen-bond donors (Lipinski definition) is 1. The highest BCUT2D eigenvalue weighted by atomic mass is 15.3. The van der Waals surface area contributed by atoms with Crippen LogP contribution in [0.25, 0.3) is 0 Å². The van der Waals surface area contributed by atoms with Gasteiger partial charge in [-0.2, -0.15) is 0 Å². The van der Waals surface area contributed by atoms with Crippen LogP contribution in [0.5, 0.6) is 0 Å². The third kappa shape index (κ3) is 3.37. The van der Waals surface area contributed by atoms with Gasteiger partial charge in [0.2, 0.25) is 0 Å². The van der Waals surface area contributed by atoms with Crippen LogP contribution in [0.2, 0.25) is 0 Å². The van der Waals surface area contributed by atoms with Crippen LogP contribution in [-0.2, 0) is 0 Å². The predicted molar refractivity (Wildman–Crippen MR) is 85.0 cm³/mol. The molecule has 3 heterocycles. The Labute approximate surface area is 125 Å². The zero-order chi connectivity index (χ0) is 14.0. The minimum Gasteiger partial charge on any atom is -0.316 e. The fourth-order valence-electron chi connectivity index (χ4n) is 4.59. The number of piperidine rings is 2. The summed E-state index contributed by atoms with van der Waals surface area (Å²) in [4.78, 5) is 5.51. The predicted octanol–water partition coefficient (Wildman–Crippen LogP) is 2.18. The van der Waals surface area contributed by atoms with Crippen molar-refractivity contribution in [1.82, 2.24) is 15.1 Å². The lowest BCUT2D eigenvalue weighted by Crippen LogP contribution is -2.57. The fourth-order valence-corrected chi connectivity index (χ4v) is 4.59. The molecular weight excluding hydrogens is 246 g/mol. The van der Waals surface area contributed by atoms with E-state index in [2.05, 4.69) is 29.0 Å². The minimum absolute atomic E-state index is 0.463. The molecule has 3 aliphatic rings. The molecule has 3 fully saturated rings.